The molecule has 0 unspecified atom stereocenters. The Morgan fingerprint density at radius 3 is 2.89 bits per heavy atom. The zero-order chi connectivity index (χ0) is 20.3. The summed E-state index contributed by atoms with van der Waals surface area (Å²) in [6.45, 7) is 7.69. The van der Waals surface area contributed by atoms with Gasteiger partial charge in [-0.25, -0.2) is 4.98 Å². The number of fused-ring (bicyclic) bond motifs is 1. The molecule has 1 N–H and O–H groups in total. The van der Waals surface area contributed by atoms with Crippen molar-refractivity contribution in [1.29, 1.82) is 0 Å². The summed E-state index contributed by atoms with van der Waals surface area (Å²) in [7, 11) is 0. The van der Waals surface area contributed by atoms with Crippen LogP contribution in [0.4, 0.5) is 0 Å². The molecule has 6 nitrogen and oxygen atoms in total. The number of carbonyl (C=O) groups is 1. The van der Waals surface area contributed by atoms with Gasteiger partial charge in [0, 0.05) is 18.2 Å². The Hall–Kier alpha value is -1.57. The maximum atomic E-state index is 13.1. The number of rotatable bonds is 7. The number of halogens is 1. The molecular weight excluding hydrogens is 398 g/mol. The number of aromatic nitrogens is 2. The van der Waals surface area contributed by atoms with E-state index in [1.807, 2.05) is 20.8 Å². The Morgan fingerprint density at radius 2 is 2.21 bits per heavy atom. The molecule has 1 saturated heterocycles. The minimum absolute atomic E-state index is 0.00586. The van der Waals surface area contributed by atoms with Gasteiger partial charge in [0.1, 0.15) is 0 Å². The van der Waals surface area contributed by atoms with E-state index in [2.05, 4.69) is 10.3 Å². The van der Waals surface area contributed by atoms with Crippen LogP contribution in [0.25, 0.3) is 10.9 Å². The first-order valence-corrected chi connectivity index (χ1v) is 10.9. The van der Waals surface area contributed by atoms with E-state index in [1.165, 1.54) is 11.8 Å². The highest BCUT2D eigenvalue weighted by Gasteiger charge is 2.23. The van der Waals surface area contributed by atoms with E-state index >= 15 is 0 Å². The van der Waals surface area contributed by atoms with Crippen LogP contribution in [0.1, 0.15) is 33.6 Å². The summed E-state index contributed by atoms with van der Waals surface area (Å²) in [6, 6.07) is 5.08. The van der Waals surface area contributed by atoms with Crippen molar-refractivity contribution in [1.82, 2.24) is 14.9 Å². The largest absolute Gasteiger partial charge is 0.376 e. The Bertz CT molecular complexity index is 909. The van der Waals surface area contributed by atoms with Gasteiger partial charge >= 0.3 is 0 Å². The number of carbonyl (C=O) groups excluding carboxylic acids is 1. The molecule has 0 spiro atoms. The lowest BCUT2D eigenvalue weighted by molar-refractivity contribution is -0.120. The number of amides is 1. The molecule has 3 rings (SSSR count). The number of hydrogen-bond acceptors (Lipinski definition) is 5. The third-order valence-electron chi connectivity index (χ3n) is 4.63. The Balaban J connectivity index is 1.93. The summed E-state index contributed by atoms with van der Waals surface area (Å²) in [4.78, 5) is 30.2. The van der Waals surface area contributed by atoms with Gasteiger partial charge in [0.25, 0.3) is 5.56 Å². The zero-order valence-electron chi connectivity index (χ0n) is 16.4. The number of thioether (sulfide) groups is 1. The van der Waals surface area contributed by atoms with Gasteiger partial charge in [0.05, 0.1) is 28.8 Å². The fourth-order valence-corrected chi connectivity index (χ4v) is 4.19. The van der Waals surface area contributed by atoms with E-state index in [0.29, 0.717) is 46.7 Å². The number of nitrogens with zero attached hydrogens (tertiary/aromatic N) is 2. The third-order valence-corrected chi connectivity index (χ3v) is 5.95. The van der Waals surface area contributed by atoms with Crippen LogP contribution in [0.2, 0.25) is 5.02 Å². The summed E-state index contributed by atoms with van der Waals surface area (Å²) < 4.78 is 7.36. The number of ether oxygens (including phenoxy) is 1. The lowest BCUT2D eigenvalue weighted by atomic mass is 10.2. The molecule has 0 saturated carbocycles. The van der Waals surface area contributed by atoms with Crippen molar-refractivity contribution in [2.24, 2.45) is 5.92 Å². The van der Waals surface area contributed by atoms with E-state index < -0.39 is 0 Å². The van der Waals surface area contributed by atoms with E-state index in [1.54, 1.807) is 22.8 Å². The fraction of sp³-hybridized carbons (Fsp3) is 0.550. The van der Waals surface area contributed by atoms with Gasteiger partial charge in [-0.05, 0) is 43.9 Å². The van der Waals surface area contributed by atoms with Crippen molar-refractivity contribution < 1.29 is 9.53 Å². The van der Waals surface area contributed by atoms with Crippen molar-refractivity contribution in [3.63, 3.8) is 0 Å². The van der Waals surface area contributed by atoms with Crippen LogP contribution in [0, 0.1) is 5.92 Å². The molecule has 152 valence electrons. The molecule has 1 fully saturated rings. The first kappa shape index (κ1) is 21.1. The van der Waals surface area contributed by atoms with Crippen LogP contribution in [-0.4, -0.2) is 40.0 Å². The summed E-state index contributed by atoms with van der Waals surface area (Å²) in [5, 5.41) is 4.11. The van der Waals surface area contributed by atoms with Crippen molar-refractivity contribution >= 4 is 40.2 Å². The number of hydrogen-bond donors (Lipinski definition) is 1. The highest BCUT2D eigenvalue weighted by atomic mass is 35.5. The highest BCUT2D eigenvalue weighted by molar-refractivity contribution is 8.00. The van der Waals surface area contributed by atoms with Crippen molar-refractivity contribution in [2.75, 3.05) is 13.2 Å². The molecule has 0 radical (unpaired) electrons. The van der Waals surface area contributed by atoms with Gasteiger partial charge in [0.2, 0.25) is 5.91 Å². The van der Waals surface area contributed by atoms with Crippen molar-refractivity contribution in [3.05, 3.63) is 33.6 Å². The lowest BCUT2D eigenvalue weighted by Gasteiger charge is -2.19. The number of nitrogens with one attached hydrogen (secondary N) is 1. The topological polar surface area (TPSA) is 73.2 Å². The second kappa shape index (κ2) is 9.29. The molecule has 1 aromatic heterocycles. The van der Waals surface area contributed by atoms with Gasteiger partial charge in [-0.1, -0.05) is 37.2 Å². The molecule has 2 aromatic rings. The van der Waals surface area contributed by atoms with Gasteiger partial charge in [0.15, 0.2) is 5.16 Å². The van der Waals surface area contributed by atoms with Crippen LogP contribution in [-0.2, 0) is 16.1 Å². The minimum Gasteiger partial charge on any atom is -0.376 e. The summed E-state index contributed by atoms with van der Waals surface area (Å²) in [6.07, 6.45) is 1.90. The van der Waals surface area contributed by atoms with Gasteiger partial charge < -0.3 is 10.1 Å². The number of benzene rings is 1. The second-order valence-corrected chi connectivity index (χ2v) is 9.25. The third kappa shape index (κ3) is 5.07. The quantitative estimate of drug-likeness (QED) is 0.545. The predicted molar refractivity (Wildman–Crippen MR) is 113 cm³/mol. The average Bonchev–Trinajstić information content (AvgIpc) is 3.15. The first-order chi connectivity index (χ1) is 13.3. The molecule has 2 atom stereocenters. The van der Waals surface area contributed by atoms with Crippen molar-refractivity contribution in [2.45, 2.75) is 56.7 Å². The van der Waals surface area contributed by atoms with Crippen molar-refractivity contribution in [3.8, 4) is 0 Å². The normalized spacial score (nSPS) is 18.0. The van der Waals surface area contributed by atoms with Crippen LogP contribution in [0.15, 0.2) is 28.2 Å². The van der Waals surface area contributed by atoms with E-state index in [9.17, 15) is 9.59 Å². The standard InChI is InChI=1S/C20H26ClN3O3S/c1-12(2)10-22-18(25)13(3)28-20-23-17-9-14(21)6-7-16(17)19(26)24(20)11-15-5-4-8-27-15/h6-7,9,12-13,15H,4-5,8,10-11H2,1-3H3,(H,22,25)/t13-,15+/m1/s1. The predicted octanol–water partition coefficient (Wildman–Crippen LogP) is 3.48. The molecule has 1 aliphatic rings. The molecule has 8 heteroatoms. The SMILES string of the molecule is CC(C)CNC(=O)[C@@H](C)Sc1nc2cc(Cl)ccc2c(=O)n1C[C@@H]1CCCO1. The van der Waals surface area contributed by atoms with Crippen LogP contribution >= 0.6 is 23.4 Å². The van der Waals surface area contributed by atoms with E-state index in [0.717, 1.165) is 12.8 Å². The maximum Gasteiger partial charge on any atom is 0.262 e. The first-order valence-electron chi connectivity index (χ1n) is 9.61. The van der Waals surface area contributed by atoms with E-state index in [-0.39, 0.29) is 22.8 Å². The monoisotopic (exact) mass is 423 g/mol. The molecule has 1 aliphatic heterocycles. The van der Waals surface area contributed by atoms with E-state index in [4.69, 9.17) is 16.3 Å². The lowest BCUT2D eigenvalue weighted by Crippen LogP contribution is -2.34. The molecule has 1 aromatic carbocycles. The Labute approximate surface area is 174 Å². The van der Waals surface area contributed by atoms with Gasteiger partial charge in [-0.15, -0.1) is 0 Å². The zero-order valence-corrected chi connectivity index (χ0v) is 18.0. The molecule has 28 heavy (non-hydrogen) atoms. The van der Waals surface area contributed by atoms with Gasteiger partial charge in [-0.3, -0.25) is 14.2 Å². The Kier molecular flexibility index (Phi) is 7.01. The molecule has 0 bridgehead atoms. The average molecular weight is 424 g/mol. The van der Waals surface area contributed by atoms with Crippen LogP contribution < -0.4 is 10.9 Å². The summed E-state index contributed by atoms with van der Waals surface area (Å²) in [5.41, 5.74) is 0.410. The fourth-order valence-electron chi connectivity index (χ4n) is 3.08. The minimum atomic E-state index is -0.377. The molecule has 2 heterocycles. The Morgan fingerprint density at radius 1 is 1.43 bits per heavy atom. The summed E-state index contributed by atoms with van der Waals surface area (Å²) in [5.74, 6) is 0.308. The van der Waals surface area contributed by atoms with Crippen LogP contribution in [0.3, 0.4) is 0 Å². The second-order valence-electron chi connectivity index (χ2n) is 7.51. The maximum absolute atomic E-state index is 13.1. The molecule has 0 aliphatic carbocycles. The highest BCUT2D eigenvalue weighted by Crippen LogP contribution is 2.25. The van der Waals surface area contributed by atoms with Crippen LogP contribution in [0.5, 0.6) is 0 Å². The molecule has 1 amide bonds. The van der Waals surface area contributed by atoms with Gasteiger partial charge in [-0.2, -0.15) is 0 Å². The smallest absolute Gasteiger partial charge is 0.262 e. The molecular formula is C20H26ClN3O3S. The summed E-state index contributed by atoms with van der Waals surface area (Å²) >= 11 is 7.38.